The van der Waals surface area contributed by atoms with Gasteiger partial charge in [-0.3, -0.25) is 0 Å². The number of sulfone groups is 1. The molecule has 0 atom stereocenters. The second-order valence-corrected chi connectivity index (χ2v) is 9.10. The lowest BCUT2D eigenvalue weighted by Crippen LogP contribution is -2.43. The minimum atomic E-state index is -3.67. The van der Waals surface area contributed by atoms with Crippen molar-refractivity contribution in [3.63, 3.8) is 0 Å². The van der Waals surface area contributed by atoms with Gasteiger partial charge in [-0.25, -0.2) is 21.8 Å². The fourth-order valence-electron chi connectivity index (χ4n) is 2.01. The molecule has 0 spiro atoms. The number of nitrogens with zero attached hydrogens (tertiary/aromatic N) is 2. The van der Waals surface area contributed by atoms with Crippen molar-refractivity contribution < 1.29 is 16.8 Å². The summed E-state index contributed by atoms with van der Waals surface area (Å²) in [6.45, 7) is 2.72. The lowest BCUT2D eigenvalue weighted by molar-refractivity contribution is 0.430. The fraction of sp³-hybridized carbons (Fsp3) is 0.583. The predicted molar refractivity (Wildman–Crippen MR) is 80.4 cm³/mol. The maximum absolute atomic E-state index is 12.5. The molecule has 21 heavy (non-hydrogen) atoms. The van der Waals surface area contributed by atoms with E-state index in [1.165, 1.54) is 22.6 Å². The molecule has 1 fully saturated rings. The van der Waals surface area contributed by atoms with Crippen LogP contribution >= 0.6 is 0 Å². The Morgan fingerprint density at radius 2 is 2.00 bits per heavy atom. The number of pyridine rings is 1. The lowest BCUT2D eigenvalue weighted by atomic mass is 10.4. The normalized spacial score (nSPS) is 19.3. The van der Waals surface area contributed by atoms with Gasteiger partial charge in [-0.15, -0.1) is 0 Å². The van der Waals surface area contributed by atoms with Gasteiger partial charge in [0.2, 0.25) is 10.0 Å². The summed E-state index contributed by atoms with van der Waals surface area (Å²) in [5.41, 5.74) is 0. The van der Waals surface area contributed by atoms with Gasteiger partial charge < -0.3 is 5.32 Å². The number of nitrogens with one attached hydrogen (secondary N) is 1. The summed E-state index contributed by atoms with van der Waals surface area (Å²) in [7, 11) is -6.78. The zero-order valence-corrected chi connectivity index (χ0v) is 13.5. The van der Waals surface area contributed by atoms with Crippen LogP contribution < -0.4 is 5.32 Å². The summed E-state index contributed by atoms with van der Waals surface area (Å²) in [6.07, 6.45) is 2.34. The van der Waals surface area contributed by atoms with Crippen LogP contribution in [0.2, 0.25) is 0 Å². The fourth-order valence-corrected chi connectivity index (χ4v) is 4.89. The summed E-state index contributed by atoms with van der Waals surface area (Å²) in [5.74, 6) is 0.249. The number of hydrogen-bond donors (Lipinski definition) is 1. The zero-order chi connectivity index (χ0) is 15.5. The number of rotatable bonds is 5. The maximum Gasteiger partial charge on any atom is 0.243 e. The Balaban J connectivity index is 2.20. The van der Waals surface area contributed by atoms with E-state index in [-0.39, 0.29) is 29.5 Å². The molecule has 2 rings (SSSR count). The Morgan fingerprint density at radius 1 is 1.33 bits per heavy atom. The van der Waals surface area contributed by atoms with Crippen LogP contribution in [-0.2, 0) is 19.9 Å². The molecule has 0 amide bonds. The van der Waals surface area contributed by atoms with E-state index in [1.807, 2.05) is 6.92 Å². The van der Waals surface area contributed by atoms with Crippen molar-refractivity contribution in [2.45, 2.75) is 18.2 Å². The zero-order valence-electron chi connectivity index (χ0n) is 11.8. The lowest BCUT2D eigenvalue weighted by Gasteiger charge is -2.26. The quantitative estimate of drug-likeness (QED) is 0.834. The molecule has 0 aromatic carbocycles. The highest BCUT2D eigenvalue weighted by atomic mass is 32.2. The summed E-state index contributed by atoms with van der Waals surface area (Å²) in [6, 6.07) is 2.91. The van der Waals surface area contributed by atoms with E-state index in [9.17, 15) is 16.8 Å². The van der Waals surface area contributed by atoms with Crippen molar-refractivity contribution in [2.24, 2.45) is 0 Å². The first kappa shape index (κ1) is 16.2. The number of anilines is 1. The molecule has 0 radical (unpaired) electrons. The molecule has 118 valence electrons. The minimum absolute atomic E-state index is 0.00467. The molecular formula is C12H19N3O4S2. The topological polar surface area (TPSA) is 96.4 Å². The van der Waals surface area contributed by atoms with E-state index >= 15 is 0 Å². The van der Waals surface area contributed by atoms with Crippen LogP contribution in [0.4, 0.5) is 5.82 Å². The number of aromatic nitrogens is 1. The highest BCUT2D eigenvalue weighted by Gasteiger charge is 2.31. The standard InChI is InChI=1S/C12H19N3O4S2/c1-2-4-13-12-10-11(3-5-14-12)21(18,19)15-6-8-20(16,17)9-7-15/h3,5,10H,2,4,6-9H2,1H3,(H,13,14). The average Bonchev–Trinajstić information content (AvgIpc) is 2.45. The summed E-state index contributed by atoms with van der Waals surface area (Å²) in [4.78, 5) is 4.20. The first-order valence-electron chi connectivity index (χ1n) is 6.75. The van der Waals surface area contributed by atoms with E-state index in [1.54, 1.807) is 0 Å². The van der Waals surface area contributed by atoms with Crippen LogP contribution in [0.1, 0.15) is 13.3 Å². The van der Waals surface area contributed by atoms with Crippen LogP contribution in [-0.4, -0.2) is 57.3 Å². The third-order valence-electron chi connectivity index (χ3n) is 3.23. The van der Waals surface area contributed by atoms with Crippen LogP contribution in [0.15, 0.2) is 23.2 Å². The van der Waals surface area contributed by atoms with Crippen molar-refractivity contribution in [2.75, 3.05) is 36.5 Å². The number of hydrogen-bond acceptors (Lipinski definition) is 6. The van der Waals surface area contributed by atoms with Crippen molar-refractivity contribution in [3.8, 4) is 0 Å². The average molecular weight is 333 g/mol. The van der Waals surface area contributed by atoms with Gasteiger partial charge in [0.1, 0.15) is 5.82 Å². The molecule has 0 saturated carbocycles. The van der Waals surface area contributed by atoms with Gasteiger partial charge in [-0.1, -0.05) is 6.92 Å². The third kappa shape index (κ3) is 3.92. The van der Waals surface area contributed by atoms with E-state index in [0.29, 0.717) is 12.4 Å². The molecule has 0 unspecified atom stereocenters. The molecular weight excluding hydrogens is 314 g/mol. The van der Waals surface area contributed by atoms with Crippen LogP contribution in [0.25, 0.3) is 0 Å². The van der Waals surface area contributed by atoms with Crippen molar-refractivity contribution in [1.82, 2.24) is 9.29 Å². The van der Waals surface area contributed by atoms with Gasteiger partial charge in [0.25, 0.3) is 0 Å². The monoisotopic (exact) mass is 333 g/mol. The molecule has 7 nitrogen and oxygen atoms in total. The van der Waals surface area contributed by atoms with E-state index < -0.39 is 19.9 Å². The largest absolute Gasteiger partial charge is 0.370 e. The third-order valence-corrected chi connectivity index (χ3v) is 6.73. The Hall–Kier alpha value is -1.19. The highest BCUT2D eigenvalue weighted by Crippen LogP contribution is 2.20. The van der Waals surface area contributed by atoms with E-state index in [2.05, 4.69) is 10.3 Å². The van der Waals surface area contributed by atoms with Crippen LogP contribution in [0.5, 0.6) is 0 Å². The molecule has 0 aliphatic carbocycles. The van der Waals surface area contributed by atoms with E-state index in [0.717, 1.165) is 6.42 Å². The second-order valence-electron chi connectivity index (χ2n) is 4.86. The maximum atomic E-state index is 12.5. The van der Waals surface area contributed by atoms with Gasteiger partial charge in [0.15, 0.2) is 9.84 Å². The van der Waals surface area contributed by atoms with E-state index in [4.69, 9.17) is 0 Å². The molecule has 0 bridgehead atoms. The van der Waals surface area contributed by atoms with Gasteiger partial charge >= 0.3 is 0 Å². The summed E-state index contributed by atoms with van der Waals surface area (Å²) in [5, 5.41) is 3.03. The molecule has 1 aromatic rings. The van der Waals surface area contributed by atoms with Gasteiger partial charge in [0, 0.05) is 31.9 Å². The Kier molecular flexibility index (Phi) is 4.84. The second kappa shape index (κ2) is 6.29. The number of sulfonamides is 1. The molecule has 2 heterocycles. The Morgan fingerprint density at radius 3 is 2.62 bits per heavy atom. The molecule has 1 saturated heterocycles. The van der Waals surface area contributed by atoms with Gasteiger partial charge in [-0.2, -0.15) is 4.31 Å². The minimum Gasteiger partial charge on any atom is -0.370 e. The van der Waals surface area contributed by atoms with Gasteiger partial charge in [0.05, 0.1) is 16.4 Å². The molecule has 1 N–H and O–H groups in total. The molecule has 1 aromatic heterocycles. The summed E-state index contributed by atoms with van der Waals surface area (Å²) < 4.78 is 49.0. The summed E-state index contributed by atoms with van der Waals surface area (Å²) >= 11 is 0. The molecule has 1 aliphatic heterocycles. The Bertz CT molecular complexity index is 687. The highest BCUT2D eigenvalue weighted by molar-refractivity contribution is 7.92. The molecule has 9 heteroatoms. The Labute approximate surface area is 125 Å². The first-order valence-corrected chi connectivity index (χ1v) is 10.0. The molecule has 1 aliphatic rings. The first-order chi connectivity index (χ1) is 9.85. The van der Waals surface area contributed by atoms with Crippen LogP contribution in [0.3, 0.4) is 0 Å². The van der Waals surface area contributed by atoms with Crippen molar-refractivity contribution in [1.29, 1.82) is 0 Å². The smallest absolute Gasteiger partial charge is 0.243 e. The predicted octanol–water partition coefficient (Wildman–Crippen LogP) is 0.323. The van der Waals surface area contributed by atoms with Crippen molar-refractivity contribution in [3.05, 3.63) is 18.3 Å². The van der Waals surface area contributed by atoms with Crippen LogP contribution in [0, 0.1) is 0 Å². The van der Waals surface area contributed by atoms with Crippen molar-refractivity contribution >= 4 is 25.7 Å². The van der Waals surface area contributed by atoms with Gasteiger partial charge in [-0.05, 0) is 12.5 Å². The SMILES string of the molecule is CCCNc1cc(S(=O)(=O)N2CCS(=O)(=O)CC2)ccn1.